The molecule has 0 unspecified atom stereocenters. The number of aryl methyl sites for hydroxylation is 1. The van der Waals surface area contributed by atoms with Crippen molar-refractivity contribution in [3.8, 4) is 0 Å². The van der Waals surface area contributed by atoms with E-state index in [1.807, 2.05) is 0 Å². The van der Waals surface area contributed by atoms with E-state index in [9.17, 15) is 13.2 Å². The van der Waals surface area contributed by atoms with Gasteiger partial charge in [-0.2, -0.15) is 5.10 Å². The topological polar surface area (TPSA) is 107 Å². The summed E-state index contributed by atoms with van der Waals surface area (Å²) in [6.07, 6.45) is 7.32. The maximum absolute atomic E-state index is 12.2. The van der Waals surface area contributed by atoms with Crippen LogP contribution in [0.5, 0.6) is 0 Å². The highest BCUT2D eigenvalue weighted by molar-refractivity contribution is 7.89. The van der Waals surface area contributed by atoms with E-state index in [1.54, 1.807) is 7.05 Å². The van der Waals surface area contributed by atoms with Crippen LogP contribution < -0.4 is 10.5 Å². The van der Waals surface area contributed by atoms with Crippen LogP contribution in [0.4, 0.5) is 5.82 Å². The zero-order valence-corrected chi connectivity index (χ0v) is 12.3. The fourth-order valence-corrected chi connectivity index (χ4v) is 3.18. The number of nitrogens with two attached hydrogens (primary N) is 1. The number of aromatic nitrogens is 2. The van der Waals surface area contributed by atoms with Crippen molar-refractivity contribution in [1.82, 2.24) is 9.78 Å². The highest BCUT2D eigenvalue weighted by Crippen LogP contribution is 2.25. The number of sulfonamides is 1. The monoisotopic (exact) mass is 300 g/mol. The first kappa shape index (κ1) is 15.0. The van der Waals surface area contributed by atoms with Gasteiger partial charge in [-0.05, 0) is 12.8 Å². The first-order valence-electron chi connectivity index (χ1n) is 6.75. The quantitative estimate of drug-likeness (QED) is 0.811. The number of carbonyl (C=O) groups is 1. The Labute approximate surface area is 118 Å². The van der Waals surface area contributed by atoms with Crippen LogP contribution in [-0.2, 0) is 21.9 Å². The van der Waals surface area contributed by atoms with Crippen LogP contribution in [0, 0.1) is 5.92 Å². The molecule has 1 aliphatic carbocycles. The van der Waals surface area contributed by atoms with Gasteiger partial charge >= 0.3 is 0 Å². The molecule has 1 aromatic heterocycles. The van der Waals surface area contributed by atoms with Gasteiger partial charge < -0.3 is 5.32 Å². The van der Waals surface area contributed by atoms with Gasteiger partial charge in [0.1, 0.15) is 4.90 Å². The molecule has 20 heavy (non-hydrogen) atoms. The standard InChI is InChI=1S/C12H20N4O3S/c1-16-8-10(20(13,18)19)11(15-16)14-12(17)9-6-4-2-3-5-7-9/h8-9H,2-7H2,1H3,(H2,13,18,19)(H,14,15,17). The lowest BCUT2D eigenvalue weighted by Gasteiger charge is -2.13. The van der Waals surface area contributed by atoms with Crippen molar-refractivity contribution in [2.24, 2.45) is 18.1 Å². The molecular weight excluding hydrogens is 280 g/mol. The van der Waals surface area contributed by atoms with Crippen LogP contribution in [0.1, 0.15) is 38.5 Å². The highest BCUT2D eigenvalue weighted by Gasteiger charge is 2.24. The van der Waals surface area contributed by atoms with E-state index in [0.29, 0.717) is 0 Å². The fraction of sp³-hybridized carbons (Fsp3) is 0.667. The molecule has 8 heteroatoms. The first-order chi connectivity index (χ1) is 9.38. The molecule has 112 valence electrons. The van der Waals surface area contributed by atoms with Crippen molar-refractivity contribution in [1.29, 1.82) is 0 Å². The average Bonchev–Trinajstić information content (AvgIpc) is 2.59. The van der Waals surface area contributed by atoms with E-state index in [1.165, 1.54) is 10.9 Å². The van der Waals surface area contributed by atoms with Crippen LogP contribution >= 0.6 is 0 Å². The first-order valence-corrected chi connectivity index (χ1v) is 8.30. The lowest BCUT2D eigenvalue weighted by molar-refractivity contribution is -0.120. The average molecular weight is 300 g/mol. The van der Waals surface area contributed by atoms with E-state index >= 15 is 0 Å². The largest absolute Gasteiger partial charge is 0.308 e. The Morgan fingerprint density at radius 3 is 2.50 bits per heavy atom. The number of hydrogen-bond donors (Lipinski definition) is 2. The molecule has 1 fully saturated rings. The Hall–Kier alpha value is -1.41. The molecular formula is C12H20N4O3S. The van der Waals surface area contributed by atoms with Gasteiger partial charge in [0.05, 0.1) is 0 Å². The minimum atomic E-state index is -3.89. The summed E-state index contributed by atoms with van der Waals surface area (Å²) < 4.78 is 24.2. The van der Waals surface area contributed by atoms with E-state index < -0.39 is 10.0 Å². The van der Waals surface area contributed by atoms with Crippen molar-refractivity contribution in [3.05, 3.63) is 6.20 Å². The van der Waals surface area contributed by atoms with Crippen molar-refractivity contribution < 1.29 is 13.2 Å². The predicted octanol–water partition coefficient (Wildman–Crippen LogP) is 0.976. The highest BCUT2D eigenvalue weighted by atomic mass is 32.2. The van der Waals surface area contributed by atoms with Gasteiger partial charge in [-0.1, -0.05) is 25.7 Å². The summed E-state index contributed by atoms with van der Waals surface area (Å²) in [7, 11) is -2.31. The van der Waals surface area contributed by atoms with Crippen molar-refractivity contribution in [2.45, 2.75) is 43.4 Å². The van der Waals surface area contributed by atoms with Gasteiger partial charge in [-0.15, -0.1) is 0 Å². The Balaban J connectivity index is 2.15. The lowest BCUT2D eigenvalue weighted by Crippen LogP contribution is -2.24. The molecule has 1 amide bonds. The third-order valence-corrected chi connectivity index (χ3v) is 4.48. The number of rotatable bonds is 3. The van der Waals surface area contributed by atoms with Crippen LogP contribution in [0.25, 0.3) is 0 Å². The molecule has 1 aromatic rings. The van der Waals surface area contributed by atoms with Crippen LogP contribution in [0.15, 0.2) is 11.1 Å². The number of nitrogens with one attached hydrogen (secondary N) is 1. The second kappa shape index (κ2) is 5.92. The van der Waals surface area contributed by atoms with Gasteiger partial charge in [0.2, 0.25) is 15.9 Å². The number of amides is 1. The van der Waals surface area contributed by atoms with Gasteiger partial charge in [0, 0.05) is 19.2 Å². The maximum atomic E-state index is 12.2. The van der Waals surface area contributed by atoms with Gasteiger partial charge in [0.15, 0.2) is 5.82 Å². The number of nitrogens with zero attached hydrogens (tertiary/aromatic N) is 2. The second-order valence-electron chi connectivity index (χ2n) is 5.24. The third-order valence-electron chi connectivity index (χ3n) is 3.57. The minimum Gasteiger partial charge on any atom is -0.308 e. The maximum Gasteiger partial charge on any atom is 0.243 e. The van der Waals surface area contributed by atoms with E-state index in [-0.39, 0.29) is 22.5 Å². The Kier molecular flexibility index (Phi) is 4.44. The van der Waals surface area contributed by atoms with E-state index in [4.69, 9.17) is 5.14 Å². The summed E-state index contributed by atoms with van der Waals surface area (Å²) in [5.41, 5.74) is 0. The number of primary sulfonamides is 1. The zero-order valence-electron chi connectivity index (χ0n) is 11.5. The Morgan fingerprint density at radius 1 is 1.35 bits per heavy atom. The Bertz CT molecular complexity index is 586. The fourth-order valence-electron chi connectivity index (χ4n) is 2.52. The SMILES string of the molecule is Cn1cc(S(N)(=O)=O)c(NC(=O)C2CCCCCC2)n1. The van der Waals surface area contributed by atoms with Crippen molar-refractivity contribution in [3.63, 3.8) is 0 Å². The van der Waals surface area contributed by atoms with Crippen LogP contribution in [0.3, 0.4) is 0 Å². The second-order valence-corrected chi connectivity index (χ2v) is 6.77. The number of carbonyl (C=O) groups excluding carboxylic acids is 1. The molecule has 0 aromatic carbocycles. The molecule has 2 rings (SSSR count). The summed E-state index contributed by atoms with van der Waals surface area (Å²) in [6, 6.07) is 0. The molecule has 0 radical (unpaired) electrons. The predicted molar refractivity (Wildman–Crippen MR) is 74.4 cm³/mol. The summed E-state index contributed by atoms with van der Waals surface area (Å²) >= 11 is 0. The smallest absolute Gasteiger partial charge is 0.243 e. The zero-order chi connectivity index (χ0) is 14.8. The Morgan fingerprint density at radius 2 is 1.95 bits per heavy atom. The molecule has 1 saturated carbocycles. The molecule has 0 aliphatic heterocycles. The minimum absolute atomic E-state index is 0.0178. The molecule has 1 heterocycles. The van der Waals surface area contributed by atoms with Crippen molar-refractivity contribution >= 4 is 21.7 Å². The van der Waals surface area contributed by atoms with Gasteiger partial charge in [-0.3, -0.25) is 9.48 Å². The summed E-state index contributed by atoms with van der Waals surface area (Å²) in [5.74, 6) is -0.229. The molecule has 0 saturated heterocycles. The molecule has 0 atom stereocenters. The van der Waals surface area contributed by atoms with Crippen molar-refractivity contribution in [2.75, 3.05) is 5.32 Å². The summed E-state index contributed by atoms with van der Waals surface area (Å²) in [6.45, 7) is 0. The molecule has 0 spiro atoms. The lowest BCUT2D eigenvalue weighted by atomic mass is 9.99. The third kappa shape index (κ3) is 3.57. The van der Waals surface area contributed by atoms with Gasteiger partial charge in [0.25, 0.3) is 0 Å². The number of hydrogen-bond acceptors (Lipinski definition) is 4. The molecule has 0 bridgehead atoms. The van der Waals surface area contributed by atoms with Gasteiger partial charge in [-0.25, -0.2) is 13.6 Å². The summed E-state index contributed by atoms with van der Waals surface area (Å²) in [5, 5.41) is 11.7. The summed E-state index contributed by atoms with van der Waals surface area (Å²) in [4.78, 5) is 12.1. The van der Waals surface area contributed by atoms with Crippen LogP contribution in [0.2, 0.25) is 0 Å². The molecule has 7 nitrogen and oxygen atoms in total. The number of anilines is 1. The molecule has 3 N–H and O–H groups in total. The van der Waals surface area contributed by atoms with E-state index in [0.717, 1.165) is 38.5 Å². The normalized spacial score (nSPS) is 17.7. The van der Waals surface area contributed by atoms with E-state index in [2.05, 4.69) is 10.4 Å². The molecule has 1 aliphatic rings. The van der Waals surface area contributed by atoms with Crippen LogP contribution in [-0.4, -0.2) is 24.1 Å².